The van der Waals surface area contributed by atoms with Crippen molar-refractivity contribution in [2.24, 2.45) is 11.8 Å². The van der Waals surface area contributed by atoms with Crippen LogP contribution >= 0.6 is 11.6 Å². The Balaban J connectivity index is 2.20. The third kappa shape index (κ3) is 9.13. The quantitative estimate of drug-likeness (QED) is 0.297. The molecule has 0 bridgehead atoms. The molecular weight excluding hydrogens is 468 g/mol. The fraction of sp³-hybridized carbons (Fsp3) is 0.556. The van der Waals surface area contributed by atoms with Crippen LogP contribution in [0.5, 0.6) is 17.2 Å². The zero-order valence-electron chi connectivity index (χ0n) is 21.5. The van der Waals surface area contributed by atoms with Crippen molar-refractivity contribution in [3.63, 3.8) is 0 Å². The number of hydrogen-bond donors (Lipinski definition) is 2. The van der Waals surface area contributed by atoms with Crippen molar-refractivity contribution in [2.75, 3.05) is 20.2 Å². The van der Waals surface area contributed by atoms with E-state index in [4.69, 9.17) is 25.8 Å². The normalized spacial score (nSPS) is 12.6. The van der Waals surface area contributed by atoms with Crippen molar-refractivity contribution in [2.45, 2.75) is 66.2 Å². The minimum absolute atomic E-state index is 0.235. The maximum atomic E-state index is 12.5. The summed E-state index contributed by atoms with van der Waals surface area (Å²) in [4.78, 5) is 25.0. The minimum Gasteiger partial charge on any atom is -0.493 e. The fourth-order valence-electron chi connectivity index (χ4n) is 3.74. The highest BCUT2D eigenvalue weighted by Crippen LogP contribution is 2.42. The first-order valence-electron chi connectivity index (χ1n) is 12.5. The Hall–Kier alpha value is -2.67. The Morgan fingerprint density at radius 3 is 1.97 bits per heavy atom. The van der Waals surface area contributed by atoms with Gasteiger partial charge in [-0.05, 0) is 42.9 Å². The highest BCUT2D eigenvalue weighted by Gasteiger charge is 2.20. The summed E-state index contributed by atoms with van der Waals surface area (Å²) in [6.07, 6.45) is 5.40. The van der Waals surface area contributed by atoms with Crippen LogP contribution < -0.4 is 24.8 Å². The average Bonchev–Trinajstić information content (AvgIpc) is 2.84. The Labute approximate surface area is 213 Å². The highest BCUT2D eigenvalue weighted by molar-refractivity contribution is 6.31. The SMILES string of the molecule is CCCCC(C)CNC(=O)Oc1cc(OC)c(OC(=O)NCC(C)CCCC)c2ccc(Cl)cc12. The van der Waals surface area contributed by atoms with E-state index in [9.17, 15) is 9.59 Å². The number of fused-ring (bicyclic) bond motifs is 1. The van der Waals surface area contributed by atoms with Gasteiger partial charge < -0.3 is 24.8 Å². The maximum Gasteiger partial charge on any atom is 0.412 e. The van der Waals surface area contributed by atoms with Crippen molar-refractivity contribution in [3.8, 4) is 17.2 Å². The maximum absolute atomic E-state index is 12.5. The summed E-state index contributed by atoms with van der Waals surface area (Å²) >= 11 is 6.23. The largest absolute Gasteiger partial charge is 0.493 e. The van der Waals surface area contributed by atoms with Crippen LogP contribution in [0.4, 0.5) is 9.59 Å². The molecule has 0 saturated heterocycles. The topological polar surface area (TPSA) is 85.9 Å². The van der Waals surface area contributed by atoms with Crippen molar-refractivity contribution >= 4 is 34.6 Å². The third-order valence-corrected chi connectivity index (χ3v) is 6.12. The molecule has 0 radical (unpaired) electrons. The standard InChI is InChI=1S/C27H39ClN2O5/c1-6-8-10-18(3)16-29-26(31)34-23-15-24(33-5)25(21-13-12-20(28)14-22(21)23)35-27(32)30-17-19(4)11-9-7-2/h12-15,18-19H,6-11,16-17H2,1-5H3,(H,29,31)(H,30,32). The van der Waals surface area contributed by atoms with E-state index in [0.29, 0.717) is 40.7 Å². The summed E-state index contributed by atoms with van der Waals surface area (Å²) in [5.74, 6) is 1.46. The molecule has 7 nitrogen and oxygen atoms in total. The van der Waals surface area contributed by atoms with Gasteiger partial charge in [0.15, 0.2) is 11.5 Å². The molecule has 0 saturated carbocycles. The average molecular weight is 507 g/mol. The first-order valence-corrected chi connectivity index (χ1v) is 12.9. The van der Waals surface area contributed by atoms with Gasteiger partial charge >= 0.3 is 12.2 Å². The smallest absolute Gasteiger partial charge is 0.412 e. The summed E-state index contributed by atoms with van der Waals surface area (Å²) in [5.41, 5.74) is 0. The number of carbonyl (C=O) groups is 2. The van der Waals surface area contributed by atoms with Gasteiger partial charge in [-0.25, -0.2) is 9.59 Å². The number of rotatable bonds is 13. The van der Waals surface area contributed by atoms with Gasteiger partial charge in [0.05, 0.1) is 7.11 Å². The molecule has 2 amide bonds. The van der Waals surface area contributed by atoms with Gasteiger partial charge in [-0.15, -0.1) is 0 Å². The van der Waals surface area contributed by atoms with E-state index in [2.05, 4.69) is 38.3 Å². The van der Waals surface area contributed by atoms with Crippen LogP contribution in [0, 0.1) is 11.8 Å². The third-order valence-electron chi connectivity index (χ3n) is 5.89. The Kier molecular flexibility index (Phi) is 12.0. The molecule has 2 aromatic rings. The zero-order valence-corrected chi connectivity index (χ0v) is 22.3. The number of unbranched alkanes of at least 4 members (excludes halogenated alkanes) is 2. The molecular formula is C27H39ClN2O5. The van der Waals surface area contributed by atoms with Crippen molar-refractivity contribution in [1.29, 1.82) is 0 Å². The summed E-state index contributed by atoms with van der Waals surface area (Å²) in [7, 11) is 1.47. The summed E-state index contributed by atoms with van der Waals surface area (Å²) < 4.78 is 16.7. The summed E-state index contributed by atoms with van der Waals surface area (Å²) in [5, 5.41) is 7.17. The Bertz CT molecular complexity index is 982. The monoisotopic (exact) mass is 506 g/mol. The molecule has 2 aromatic carbocycles. The van der Waals surface area contributed by atoms with Crippen LogP contribution in [0.3, 0.4) is 0 Å². The first-order chi connectivity index (χ1) is 16.8. The van der Waals surface area contributed by atoms with Crippen LogP contribution in [0.15, 0.2) is 24.3 Å². The van der Waals surface area contributed by atoms with Gasteiger partial charge in [-0.1, -0.05) is 65.0 Å². The molecule has 8 heteroatoms. The molecule has 2 unspecified atom stereocenters. The number of hydrogen-bond acceptors (Lipinski definition) is 5. The molecule has 0 aliphatic carbocycles. The molecule has 2 atom stereocenters. The van der Waals surface area contributed by atoms with Gasteiger partial charge in [0.1, 0.15) is 5.75 Å². The van der Waals surface area contributed by atoms with E-state index in [1.807, 2.05) is 0 Å². The lowest BCUT2D eigenvalue weighted by atomic mass is 10.0. The van der Waals surface area contributed by atoms with Gasteiger partial charge in [0.2, 0.25) is 0 Å². The van der Waals surface area contributed by atoms with Crippen LogP contribution in [0.1, 0.15) is 66.2 Å². The van der Waals surface area contributed by atoms with E-state index in [0.717, 1.165) is 38.5 Å². The lowest BCUT2D eigenvalue weighted by molar-refractivity contribution is 0.195. The lowest BCUT2D eigenvalue weighted by Crippen LogP contribution is -2.31. The molecule has 0 aromatic heterocycles. The van der Waals surface area contributed by atoms with E-state index >= 15 is 0 Å². The molecule has 0 aliphatic rings. The number of halogens is 1. The van der Waals surface area contributed by atoms with Gasteiger partial charge in [0, 0.05) is 35.0 Å². The Morgan fingerprint density at radius 1 is 0.857 bits per heavy atom. The second-order valence-corrected chi connectivity index (χ2v) is 9.57. The fourth-order valence-corrected chi connectivity index (χ4v) is 3.92. The van der Waals surface area contributed by atoms with Gasteiger partial charge in [-0.3, -0.25) is 0 Å². The van der Waals surface area contributed by atoms with E-state index in [1.54, 1.807) is 18.2 Å². The molecule has 194 valence electrons. The number of amides is 2. The molecule has 0 aliphatic heterocycles. The number of methoxy groups -OCH3 is 1. The summed E-state index contributed by atoms with van der Waals surface area (Å²) in [6.45, 7) is 9.51. The minimum atomic E-state index is -0.574. The first kappa shape index (κ1) is 28.6. The van der Waals surface area contributed by atoms with Crippen LogP contribution in [-0.4, -0.2) is 32.4 Å². The predicted octanol–water partition coefficient (Wildman–Crippen LogP) is 7.33. The van der Waals surface area contributed by atoms with Gasteiger partial charge in [-0.2, -0.15) is 0 Å². The van der Waals surface area contributed by atoms with E-state index in [1.165, 1.54) is 13.2 Å². The molecule has 0 fully saturated rings. The zero-order chi connectivity index (χ0) is 25.8. The second kappa shape index (κ2) is 14.7. The highest BCUT2D eigenvalue weighted by atomic mass is 35.5. The van der Waals surface area contributed by atoms with Crippen molar-refractivity contribution in [1.82, 2.24) is 10.6 Å². The molecule has 2 N–H and O–H groups in total. The van der Waals surface area contributed by atoms with Crippen molar-refractivity contribution in [3.05, 3.63) is 29.3 Å². The van der Waals surface area contributed by atoms with Gasteiger partial charge in [0.25, 0.3) is 0 Å². The van der Waals surface area contributed by atoms with Crippen LogP contribution in [0.2, 0.25) is 5.02 Å². The number of ether oxygens (including phenoxy) is 3. The lowest BCUT2D eigenvalue weighted by Gasteiger charge is -2.17. The van der Waals surface area contributed by atoms with Crippen molar-refractivity contribution < 1.29 is 23.8 Å². The predicted molar refractivity (Wildman–Crippen MR) is 141 cm³/mol. The molecule has 35 heavy (non-hydrogen) atoms. The number of carbonyl (C=O) groups excluding carboxylic acids is 2. The Morgan fingerprint density at radius 2 is 1.43 bits per heavy atom. The molecule has 0 spiro atoms. The molecule has 0 heterocycles. The number of benzene rings is 2. The summed E-state index contributed by atoms with van der Waals surface area (Å²) in [6, 6.07) is 6.59. The van der Waals surface area contributed by atoms with E-state index < -0.39 is 12.2 Å². The molecule has 2 rings (SSSR count). The van der Waals surface area contributed by atoms with E-state index in [-0.39, 0.29) is 17.2 Å². The second-order valence-electron chi connectivity index (χ2n) is 9.13. The number of nitrogens with one attached hydrogen (secondary N) is 2. The van der Waals surface area contributed by atoms with Crippen LogP contribution in [-0.2, 0) is 0 Å². The van der Waals surface area contributed by atoms with Crippen LogP contribution in [0.25, 0.3) is 10.8 Å².